The van der Waals surface area contributed by atoms with E-state index in [-0.39, 0.29) is 24.2 Å². The van der Waals surface area contributed by atoms with Crippen LogP contribution in [0.3, 0.4) is 0 Å². The smallest absolute Gasteiger partial charge is 0.305 e. The molecule has 2 N–H and O–H groups in total. The topological polar surface area (TPSA) is 111 Å². The molecule has 1 aromatic heterocycles. The van der Waals surface area contributed by atoms with E-state index in [9.17, 15) is 19.5 Å². The van der Waals surface area contributed by atoms with Crippen LogP contribution in [-0.4, -0.2) is 45.5 Å². The van der Waals surface area contributed by atoms with Crippen LogP contribution in [-0.2, 0) is 16.1 Å². The lowest BCUT2D eigenvalue weighted by Gasteiger charge is -2.36. The molecule has 1 amide bonds. The SMILES string of the molecule is O=C(O)CC1(NC(=O)c2ccc(=O)n(Cc3ccccc3)n2)CCOCC1. The molecule has 142 valence electrons. The number of nitrogens with one attached hydrogen (secondary N) is 1. The van der Waals surface area contributed by atoms with E-state index in [1.807, 2.05) is 30.3 Å². The first-order valence-corrected chi connectivity index (χ1v) is 8.72. The van der Waals surface area contributed by atoms with Gasteiger partial charge in [-0.3, -0.25) is 14.4 Å². The van der Waals surface area contributed by atoms with Gasteiger partial charge in [-0.25, -0.2) is 4.68 Å². The molecule has 1 aliphatic rings. The van der Waals surface area contributed by atoms with Gasteiger partial charge in [0.2, 0.25) is 0 Å². The Bertz CT molecular complexity index is 872. The molecule has 1 fully saturated rings. The van der Waals surface area contributed by atoms with Gasteiger partial charge in [0.1, 0.15) is 5.69 Å². The maximum absolute atomic E-state index is 12.7. The fourth-order valence-electron chi connectivity index (χ4n) is 3.14. The summed E-state index contributed by atoms with van der Waals surface area (Å²) in [6, 6.07) is 12.0. The Hall–Kier alpha value is -3.00. The Morgan fingerprint density at radius 2 is 1.85 bits per heavy atom. The van der Waals surface area contributed by atoms with Gasteiger partial charge in [-0.05, 0) is 24.5 Å². The maximum atomic E-state index is 12.7. The van der Waals surface area contributed by atoms with E-state index in [0.29, 0.717) is 26.1 Å². The van der Waals surface area contributed by atoms with Gasteiger partial charge in [-0.15, -0.1) is 0 Å². The van der Waals surface area contributed by atoms with Gasteiger partial charge in [0.05, 0.1) is 18.5 Å². The molecule has 2 heterocycles. The van der Waals surface area contributed by atoms with Crippen LogP contribution >= 0.6 is 0 Å². The Kier molecular flexibility index (Phi) is 5.66. The number of carboxylic acids is 1. The minimum atomic E-state index is -0.987. The second-order valence-corrected chi connectivity index (χ2v) is 6.62. The molecule has 27 heavy (non-hydrogen) atoms. The number of aliphatic carboxylic acids is 1. The average molecular weight is 371 g/mol. The van der Waals surface area contributed by atoms with E-state index in [0.717, 1.165) is 5.56 Å². The number of amides is 1. The van der Waals surface area contributed by atoms with Gasteiger partial charge in [0, 0.05) is 19.3 Å². The highest BCUT2D eigenvalue weighted by atomic mass is 16.5. The quantitative estimate of drug-likeness (QED) is 0.785. The van der Waals surface area contributed by atoms with Crippen LogP contribution in [0.15, 0.2) is 47.3 Å². The zero-order chi connectivity index (χ0) is 19.3. The van der Waals surface area contributed by atoms with Crippen LogP contribution in [0.1, 0.15) is 35.3 Å². The zero-order valence-electron chi connectivity index (χ0n) is 14.8. The number of aromatic nitrogens is 2. The Morgan fingerprint density at radius 1 is 1.15 bits per heavy atom. The lowest BCUT2D eigenvalue weighted by atomic mass is 9.86. The third kappa shape index (κ3) is 4.79. The summed E-state index contributed by atoms with van der Waals surface area (Å²) in [6.45, 7) is 1.01. The molecule has 8 heteroatoms. The summed E-state index contributed by atoms with van der Waals surface area (Å²) in [4.78, 5) is 36.0. The molecule has 0 bridgehead atoms. The minimum absolute atomic E-state index is 0.0711. The largest absolute Gasteiger partial charge is 0.481 e. The van der Waals surface area contributed by atoms with Crippen molar-refractivity contribution in [3.63, 3.8) is 0 Å². The minimum Gasteiger partial charge on any atom is -0.481 e. The number of rotatable bonds is 6. The van der Waals surface area contributed by atoms with Crippen molar-refractivity contribution in [2.24, 2.45) is 0 Å². The first-order chi connectivity index (χ1) is 13.0. The molecule has 1 aromatic carbocycles. The van der Waals surface area contributed by atoms with Gasteiger partial charge >= 0.3 is 5.97 Å². The molecule has 0 saturated carbocycles. The number of nitrogens with zero attached hydrogens (tertiary/aromatic N) is 2. The molecule has 1 aliphatic heterocycles. The maximum Gasteiger partial charge on any atom is 0.305 e. The molecular weight excluding hydrogens is 350 g/mol. The standard InChI is InChI=1S/C19H21N3O5/c23-16-7-6-15(21-22(16)13-14-4-2-1-3-5-14)18(26)20-19(12-17(24)25)8-10-27-11-9-19/h1-7H,8-13H2,(H,20,26)(H,24,25). The van der Waals surface area contributed by atoms with Crippen LogP contribution in [0, 0.1) is 0 Å². The van der Waals surface area contributed by atoms with Crippen LogP contribution in [0.2, 0.25) is 0 Å². The van der Waals surface area contributed by atoms with Crippen LogP contribution < -0.4 is 10.9 Å². The third-order valence-corrected chi connectivity index (χ3v) is 4.59. The fourth-order valence-corrected chi connectivity index (χ4v) is 3.14. The molecule has 8 nitrogen and oxygen atoms in total. The number of carbonyl (C=O) groups is 2. The summed E-state index contributed by atoms with van der Waals surface area (Å²) >= 11 is 0. The van der Waals surface area contributed by atoms with E-state index >= 15 is 0 Å². The monoisotopic (exact) mass is 371 g/mol. The van der Waals surface area contributed by atoms with Crippen molar-refractivity contribution in [1.82, 2.24) is 15.1 Å². The van der Waals surface area contributed by atoms with E-state index < -0.39 is 17.4 Å². The first kappa shape index (κ1) is 18.8. The molecule has 0 unspecified atom stereocenters. The van der Waals surface area contributed by atoms with E-state index in [1.165, 1.54) is 16.8 Å². The summed E-state index contributed by atoms with van der Waals surface area (Å²) in [5.74, 6) is -1.49. The molecule has 0 aliphatic carbocycles. The number of carboxylic acid groups (broad SMARTS) is 1. The molecule has 0 atom stereocenters. The number of ether oxygens (including phenoxy) is 1. The lowest BCUT2D eigenvalue weighted by molar-refractivity contribution is -0.139. The zero-order valence-corrected chi connectivity index (χ0v) is 14.8. The number of carbonyl (C=O) groups excluding carboxylic acids is 1. The highest BCUT2D eigenvalue weighted by molar-refractivity contribution is 5.93. The van der Waals surface area contributed by atoms with Crippen LogP contribution in [0.25, 0.3) is 0 Å². The van der Waals surface area contributed by atoms with Crippen molar-refractivity contribution in [3.8, 4) is 0 Å². The summed E-state index contributed by atoms with van der Waals surface area (Å²) in [5.41, 5.74) is -0.233. The second kappa shape index (κ2) is 8.13. The normalized spacial score (nSPS) is 15.9. The van der Waals surface area contributed by atoms with Gasteiger partial charge < -0.3 is 15.2 Å². The Balaban J connectivity index is 1.80. The molecule has 2 aromatic rings. The van der Waals surface area contributed by atoms with E-state index in [2.05, 4.69) is 10.4 Å². The van der Waals surface area contributed by atoms with Gasteiger partial charge in [-0.1, -0.05) is 30.3 Å². The van der Waals surface area contributed by atoms with Crippen LogP contribution in [0.4, 0.5) is 0 Å². The van der Waals surface area contributed by atoms with Crippen molar-refractivity contribution in [3.05, 3.63) is 64.1 Å². The third-order valence-electron chi connectivity index (χ3n) is 4.59. The molecule has 1 saturated heterocycles. The Morgan fingerprint density at radius 3 is 2.52 bits per heavy atom. The highest BCUT2D eigenvalue weighted by Crippen LogP contribution is 2.25. The van der Waals surface area contributed by atoms with Gasteiger partial charge in [0.15, 0.2) is 0 Å². The summed E-state index contributed by atoms with van der Waals surface area (Å²) in [7, 11) is 0. The van der Waals surface area contributed by atoms with E-state index in [1.54, 1.807) is 0 Å². The Labute approximate surface area is 155 Å². The lowest BCUT2D eigenvalue weighted by Crippen LogP contribution is -2.53. The predicted molar refractivity (Wildman–Crippen MR) is 96.5 cm³/mol. The summed E-state index contributed by atoms with van der Waals surface area (Å²) in [5, 5.41) is 16.2. The molecule has 0 radical (unpaired) electrons. The van der Waals surface area contributed by atoms with E-state index in [4.69, 9.17) is 4.74 Å². The highest BCUT2D eigenvalue weighted by Gasteiger charge is 2.37. The van der Waals surface area contributed by atoms with Crippen LogP contribution in [0.5, 0.6) is 0 Å². The van der Waals surface area contributed by atoms with Crippen molar-refractivity contribution >= 4 is 11.9 Å². The number of hydrogen-bond donors (Lipinski definition) is 2. The number of hydrogen-bond acceptors (Lipinski definition) is 5. The second-order valence-electron chi connectivity index (χ2n) is 6.62. The molecule has 0 spiro atoms. The number of benzene rings is 1. The predicted octanol–water partition coefficient (Wildman–Crippen LogP) is 1.05. The average Bonchev–Trinajstić information content (AvgIpc) is 2.64. The molecule has 3 rings (SSSR count). The summed E-state index contributed by atoms with van der Waals surface area (Å²) < 4.78 is 6.51. The molecular formula is C19H21N3O5. The van der Waals surface area contributed by atoms with Crippen molar-refractivity contribution in [1.29, 1.82) is 0 Å². The van der Waals surface area contributed by atoms with Gasteiger partial charge in [0.25, 0.3) is 11.5 Å². The van der Waals surface area contributed by atoms with Crippen molar-refractivity contribution < 1.29 is 19.4 Å². The first-order valence-electron chi connectivity index (χ1n) is 8.72. The van der Waals surface area contributed by atoms with Gasteiger partial charge in [-0.2, -0.15) is 5.10 Å². The summed E-state index contributed by atoms with van der Waals surface area (Å²) in [6.07, 6.45) is 0.634. The van der Waals surface area contributed by atoms with Crippen molar-refractivity contribution in [2.45, 2.75) is 31.3 Å². The fraction of sp³-hybridized carbons (Fsp3) is 0.368. The van der Waals surface area contributed by atoms with Crippen molar-refractivity contribution in [2.75, 3.05) is 13.2 Å².